The fourth-order valence-corrected chi connectivity index (χ4v) is 1.52. The Morgan fingerprint density at radius 1 is 0.643 bits per heavy atom. The summed E-state index contributed by atoms with van der Waals surface area (Å²) < 4.78 is 0. The van der Waals surface area contributed by atoms with Gasteiger partial charge in [-0.05, 0) is 12.8 Å². The van der Waals surface area contributed by atoms with Gasteiger partial charge in [-0.15, -0.1) is 0 Å². The Bertz CT molecular complexity index is 107. The molecule has 0 heterocycles. The SMILES string of the molecule is C1CCCCC1.O=CCCCCC=O. The molecule has 0 aromatic heterocycles. The molecule has 2 nitrogen and oxygen atoms in total. The van der Waals surface area contributed by atoms with Crippen molar-refractivity contribution in [3.8, 4) is 0 Å². The molecule has 0 aromatic rings. The van der Waals surface area contributed by atoms with Crippen LogP contribution in [0.4, 0.5) is 0 Å². The Morgan fingerprint density at radius 3 is 1.14 bits per heavy atom. The molecule has 0 bridgehead atoms. The highest BCUT2D eigenvalue weighted by atomic mass is 16.1. The van der Waals surface area contributed by atoms with E-state index < -0.39 is 0 Å². The van der Waals surface area contributed by atoms with E-state index in [1.165, 1.54) is 38.5 Å². The van der Waals surface area contributed by atoms with E-state index in [0.717, 1.165) is 25.4 Å². The molecule has 0 aromatic carbocycles. The second kappa shape index (κ2) is 12.3. The molecule has 0 radical (unpaired) electrons. The lowest BCUT2D eigenvalue weighted by molar-refractivity contribution is -0.109. The third kappa shape index (κ3) is 11.3. The number of carbonyl (C=O) groups excluding carboxylic acids is 2. The van der Waals surface area contributed by atoms with Crippen LogP contribution in [0.5, 0.6) is 0 Å². The van der Waals surface area contributed by atoms with Gasteiger partial charge in [-0.3, -0.25) is 0 Å². The minimum Gasteiger partial charge on any atom is -0.303 e. The van der Waals surface area contributed by atoms with Crippen molar-refractivity contribution in [2.75, 3.05) is 0 Å². The molecule has 0 N–H and O–H groups in total. The van der Waals surface area contributed by atoms with Gasteiger partial charge < -0.3 is 9.59 Å². The first-order valence-electron chi connectivity index (χ1n) is 5.79. The first kappa shape index (κ1) is 13.3. The molecular formula is C12H22O2. The van der Waals surface area contributed by atoms with Crippen molar-refractivity contribution in [1.29, 1.82) is 0 Å². The minimum absolute atomic E-state index is 0.591. The molecule has 0 aliphatic heterocycles. The highest BCUT2D eigenvalue weighted by molar-refractivity contribution is 5.50. The van der Waals surface area contributed by atoms with E-state index >= 15 is 0 Å². The van der Waals surface area contributed by atoms with Gasteiger partial charge in [0.2, 0.25) is 0 Å². The molecule has 0 saturated heterocycles. The van der Waals surface area contributed by atoms with Crippen LogP contribution in [0.2, 0.25) is 0 Å². The Labute approximate surface area is 87.1 Å². The molecule has 1 rings (SSSR count). The Hall–Kier alpha value is -0.660. The Morgan fingerprint density at radius 2 is 0.929 bits per heavy atom. The van der Waals surface area contributed by atoms with Crippen LogP contribution in [-0.4, -0.2) is 12.6 Å². The number of hydrogen-bond donors (Lipinski definition) is 0. The van der Waals surface area contributed by atoms with Gasteiger partial charge in [-0.25, -0.2) is 0 Å². The van der Waals surface area contributed by atoms with Crippen molar-refractivity contribution in [3.05, 3.63) is 0 Å². The zero-order valence-corrected chi connectivity index (χ0v) is 9.04. The van der Waals surface area contributed by atoms with Gasteiger partial charge in [-0.2, -0.15) is 0 Å². The second-order valence-electron chi connectivity index (χ2n) is 3.74. The summed E-state index contributed by atoms with van der Waals surface area (Å²) in [5, 5.41) is 0. The van der Waals surface area contributed by atoms with Gasteiger partial charge in [0.25, 0.3) is 0 Å². The molecule has 82 valence electrons. The van der Waals surface area contributed by atoms with E-state index in [-0.39, 0.29) is 0 Å². The van der Waals surface area contributed by atoms with Crippen LogP contribution in [-0.2, 0) is 9.59 Å². The summed E-state index contributed by atoms with van der Waals surface area (Å²) in [6, 6.07) is 0. The minimum atomic E-state index is 0.591. The van der Waals surface area contributed by atoms with Crippen molar-refractivity contribution in [2.45, 2.75) is 64.2 Å². The fraction of sp³-hybridized carbons (Fsp3) is 0.833. The number of unbranched alkanes of at least 4 members (excludes halogenated alkanes) is 3. The highest BCUT2D eigenvalue weighted by Crippen LogP contribution is 2.15. The van der Waals surface area contributed by atoms with Gasteiger partial charge >= 0.3 is 0 Å². The fourth-order valence-electron chi connectivity index (χ4n) is 1.52. The van der Waals surface area contributed by atoms with Gasteiger partial charge in [-0.1, -0.05) is 38.5 Å². The summed E-state index contributed by atoms with van der Waals surface area (Å²) in [5.74, 6) is 0. The van der Waals surface area contributed by atoms with E-state index in [0.29, 0.717) is 12.8 Å². The molecule has 0 unspecified atom stereocenters. The largest absolute Gasteiger partial charge is 0.303 e. The van der Waals surface area contributed by atoms with E-state index in [9.17, 15) is 9.59 Å². The van der Waals surface area contributed by atoms with Gasteiger partial charge in [0.05, 0.1) is 0 Å². The zero-order valence-electron chi connectivity index (χ0n) is 9.04. The predicted octanol–water partition coefficient (Wildman–Crippen LogP) is 3.29. The number of rotatable bonds is 5. The second-order valence-corrected chi connectivity index (χ2v) is 3.74. The third-order valence-electron chi connectivity index (χ3n) is 2.39. The molecule has 0 amide bonds. The van der Waals surface area contributed by atoms with Crippen LogP contribution in [0.25, 0.3) is 0 Å². The molecule has 0 spiro atoms. The smallest absolute Gasteiger partial charge is 0.119 e. The molecule has 14 heavy (non-hydrogen) atoms. The van der Waals surface area contributed by atoms with Gasteiger partial charge in [0.15, 0.2) is 0 Å². The average Bonchev–Trinajstić information content (AvgIpc) is 2.28. The Balaban J connectivity index is 0.000000249. The first-order chi connectivity index (χ1) is 6.91. The lowest BCUT2D eigenvalue weighted by atomic mass is 10.0. The first-order valence-corrected chi connectivity index (χ1v) is 5.79. The molecular weight excluding hydrogens is 176 g/mol. The van der Waals surface area contributed by atoms with Crippen LogP contribution in [0.1, 0.15) is 64.2 Å². The molecule has 1 aliphatic carbocycles. The summed E-state index contributed by atoms with van der Waals surface area (Å²) in [6.45, 7) is 0. The average molecular weight is 198 g/mol. The van der Waals surface area contributed by atoms with Crippen molar-refractivity contribution in [2.24, 2.45) is 0 Å². The van der Waals surface area contributed by atoms with Crippen LogP contribution >= 0.6 is 0 Å². The van der Waals surface area contributed by atoms with Crippen molar-refractivity contribution in [3.63, 3.8) is 0 Å². The summed E-state index contributed by atoms with van der Waals surface area (Å²) in [7, 11) is 0. The lowest BCUT2D eigenvalue weighted by Gasteiger charge is -2.05. The predicted molar refractivity (Wildman–Crippen MR) is 58.3 cm³/mol. The highest BCUT2D eigenvalue weighted by Gasteiger charge is 1.95. The molecule has 1 fully saturated rings. The molecule has 1 aliphatic rings. The van der Waals surface area contributed by atoms with E-state index in [1.807, 2.05) is 0 Å². The van der Waals surface area contributed by atoms with Crippen molar-refractivity contribution < 1.29 is 9.59 Å². The third-order valence-corrected chi connectivity index (χ3v) is 2.39. The van der Waals surface area contributed by atoms with E-state index in [4.69, 9.17) is 0 Å². The maximum atomic E-state index is 9.68. The number of carbonyl (C=O) groups is 2. The van der Waals surface area contributed by atoms with Crippen LogP contribution in [0.15, 0.2) is 0 Å². The number of hydrogen-bond acceptors (Lipinski definition) is 2. The van der Waals surface area contributed by atoms with E-state index in [1.54, 1.807) is 0 Å². The van der Waals surface area contributed by atoms with E-state index in [2.05, 4.69) is 0 Å². The molecule has 1 saturated carbocycles. The standard InChI is InChI=1S/C6H10O2.C6H12/c7-5-3-1-2-4-6-8;1-2-4-6-5-3-1/h5-6H,1-4H2;1-6H2. The zero-order chi connectivity index (χ0) is 10.5. The van der Waals surface area contributed by atoms with Gasteiger partial charge in [0.1, 0.15) is 12.6 Å². The normalized spacial score (nSPS) is 15.1. The lowest BCUT2D eigenvalue weighted by Crippen LogP contribution is -1.85. The van der Waals surface area contributed by atoms with Crippen molar-refractivity contribution in [1.82, 2.24) is 0 Å². The summed E-state index contributed by atoms with van der Waals surface area (Å²) >= 11 is 0. The van der Waals surface area contributed by atoms with Gasteiger partial charge in [0, 0.05) is 12.8 Å². The molecule has 0 atom stereocenters. The maximum Gasteiger partial charge on any atom is 0.119 e. The molecule has 2 heteroatoms. The summed E-state index contributed by atoms with van der Waals surface area (Å²) in [6.07, 6.45) is 13.6. The van der Waals surface area contributed by atoms with Crippen molar-refractivity contribution >= 4 is 12.6 Å². The quantitative estimate of drug-likeness (QED) is 0.502. The summed E-state index contributed by atoms with van der Waals surface area (Å²) in [4.78, 5) is 19.4. The van der Waals surface area contributed by atoms with Crippen LogP contribution in [0, 0.1) is 0 Å². The Kier molecular flexibility index (Phi) is 11.8. The summed E-state index contributed by atoms with van der Waals surface area (Å²) in [5.41, 5.74) is 0. The monoisotopic (exact) mass is 198 g/mol. The number of aldehydes is 2. The van der Waals surface area contributed by atoms with Crippen LogP contribution < -0.4 is 0 Å². The van der Waals surface area contributed by atoms with Crippen LogP contribution in [0.3, 0.4) is 0 Å². The maximum absolute atomic E-state index is 9.68. The topological polar surface area (TPSA) is 34.1 Å².